The number of benzene rings is 1. The Hall–Kier alpha value is -3.92. The number of carbonyl (C=O) groups is 1. The Morgan fingerprint density at radius 2 is 1.92 bits per heavy atom. The van der Waals surface area contributed by atoms with Crippen LogP contribution in [0.5, 0.6) is 0 Å². The van der Waals surface area contributed by atoms with Crippen LogP contribution in [0.1, 0.15) is 75.4 Å². The zero-order chi connectivity index (χ0) is 26.9. The predicted octanol–water partition coefficient (Wildman–Crippen LogP) is 3.87. The first-order valence-corrected chi connectivity index (χ1v) is 13.9. The summed E-state index contributed by atoms with van der Waals surface area (Å²) in [6.45, 7) is 5.76. The number of aliphatic hydroxyl groups is 1. The van der Waals surface area contributed by atoms with Crippen LogP contribution in [0.2, 0.25) is 0 Å². The monoisotopic (exact) mass is 523 g/mol. The summed E-state index contributed by atoms with van der Waals surface area (Å²) in [4.78, 5) is 13.8. The fourth-order valence-electron chi connectivity index (χ4n) is 5.66. The molecule has 1 atom stereocenters. The molecule has 1 unspecified atom stereocenters. The first kappa shape index (κ1) is 25.4. The standard InChI is InChI=1S/C29H33BN7O2/c1-3-4-5-8-26(39)23-19-35(33-32-23)28-16-14-25-29(21-9-11-22(12-10-21)31-20(2)38)24-13-15-27(34-17-6-7-18-34)36(24)30-37(25)28/h9-16,19,26,39H,3-8,17-18H2,1-2H3/p+1. The van der Waals surface area contributed by atoms with E-state index in [0.29, 0.717) is 12.1 Å². The third kappa shape index (κ3) is 4.85. The van der Waals surface area contributed by atoms with Gasteiger partial charge in [-0.25, -0.2) is 4.68 Å². The van der Waals surface area contributed by atoms with Crippen LogP contribution < -0.4 is 5.32 Å². The zero-order valence-electron chi connectivity index (χ0n) is 22.5. The van der Waals surface area contributed by atoms with Crippen molar-refractivity contribution in [2.45, 2.75) is 58.5 Å². The Balaban J connectivity index is 1.40. The fraction of sp³-hybridized carbons (Fsp3) is 0.379. The Bertz CT molecular complexity index is 1470. The van der Waals surface area contributed by atoms with Crippen LogP contribution >= 0.6 is 0 Å². The Morgan fingerprint density at radius 3 is 2.67 bits per heavy atom. The number of amidine groups is 1. The quantitative estimate of drug-likeness (QED) is 0.266. The zero-order valence-corrected chi connectivity index (χ0v) is 22.5. The molecule has 0 aliphatic carbocycles. The van der Waals surface area contributed by atoms with E-state index in [4.69, 9.17) is 0 Å². The van der Waals surface area contributed by atoms with E-state index in [-0.39, 0.29) is 5.91 Å². The van der Waals surface area contributed by atoms with Crippen molar-refractivity contribution in [3.8, 4) is 5.82 Å². The molecular formula is C29H34BN7O2+. The number of rotatable bonds is 8. The molecular weight excluding hydrogens is 489 g/mol. The molecule has 1 amide bonds. The van der Waals surface area contributed by atoms with Gasteiger partial charge in [0.2, 0.25) is 5.91 Å². The molecule has 39 heavy (non-hydrogen) atoms. The van der Waals surface area contributed by atoms with E-state index in [2.05, 4.69) is 74.3 Å². The van der Waals surface area contributed by atoms with E-state index in [1.54, 1.807) is 4.68 Å². The number of hydrogen-bond acceptors (Lipinski definition) is 4. The maximum Gasteiger partial charge on any atom is 0.553 e. The molecule has 10 heteroatoms. The van der Waals surface area contributed by atoms with Gasteiger partial charge in [-0.1, -0.05) is 43.5 Å². The molecule has 1 fully saturated rings. The number of aliphatic hydroxyl groups excluding tert-OH is 1. The van der Waals surface area contributed by atoms with Gasteiger partial charge in [-0.15, -0.1) is 5.10 Å². The van der Waals surface area contributed by atoms with Gasteiger partial charge in [-0.05, 0) is 55.2 Å². The molecule has 5 heterocycles. The smallest absolute Gasteiger partial charge is 0.387 e. The van der Waals surface area contributed by atoms with E-state index < -0.39 is 6.10 Å². The molecule has 3 aromatic rings. The third-order valence-corrected chi connectivity index (χ3v) is 7.63. The van der Waals surface area contributed by atoms with Gasteiger partial charge in [0.15, 0.2) is 0 Å². The molecule has 199 valence electrons. The van der Waals surface area contributed by atoms with E-state index >= 15 is 0 Å². The van der Waals surface area contributed by atoms with E-state index in [1.165, 1.54) is 25.6 Å². The summed E-state index contributed by atoms with van der Waals surface area (Å²) in [5, 5.41) is 22.2. The minimum absolute atomic E-state index is 0.0898. The van der Waals surface area contributed by atoms with Crippen molar-refractivity contribution < 1.29 is 14.5 Å². The number of nitrogens with one attached hydrogen (secondary N) is 1. The number of hydrogen-bond donors (Lipinski definition) is 2. The molecule has 0 saturated carbocycles. The summed E-state index contributed by atoms with van der Waals surface area (Å²) in [5.41, 5.74) is 5.67. The summed E-state index contributed by atoms with van der Waals surface area (Å²) >= 11 is 0. The van der Waals surface area contributed by atoms with Crippen molar-refractivity contribution >= 4 is 30.6 Å². The lowest BCUT2D eigenvalue weighted by molar-refractivity contribution is -0.508. The number of nitrogens with zero attached hydrogens (tertiary/aromatic N) is 6. The van der Waals surface area contributed by atoms with Gasteiger partial charge in [-0.3, -0.25) is 14.2 Å². The number of allylic oxidation sites excluding steroid dienone is 1. The Morgan fingerprint density at radius 1 is 1.13 bits per heavy atom. The van der Waals surface area contributed by atoms with Crippen molar-refractivity contribution in [3.63, 3.8) is 0 Å². The van der Waals surface area contributed by atoms with Gasteiger partial charge >= 0.3 is 7.55 Å². The molecule has 2 aromatic heterocycles. The number of fused-ring (bicyclic) bond motifs is 2. The first-order chi connectivity index (χ1) is 19.0. The van der Waals surface area contributed by atoms with Gasteiger partial charge in [0, 0.05) is 30.0 Å². The molecule has 3 aliphatic rings. The van der Waals surface area contributed by atoms with E-state index in [0.717, 1.165) is 66.4 Å². The number of anilines is 1. The molecule has 9 nitrogen and oxygen atoms in total. The van der Waals surface area contributed by atoms with Crippen molar-refractivity contribution in [1.82, 2.24) is 24.3 Å². The minimum atomic E-state index is -0.618. The van der Waals surface area contributed by atoms with Gasteiger partial charge in [0.05, 0.1) is 25.4 Å². The average molecular weight is 523 g/mol. The lowest BCUT2D eigenvalue weighted by Gasteiger charge is -2.26. The van der Waals surface area contributed by atoms with Crippen LogP contribution in [0.3, 0.4) is 0 Å². The minimum Gasteiger partial charge on any atom is -0.387 e. The maximum atomic E-state index is 11.5. The Labute approximate surface area is 229 Å². The first-order valence-electron chi connectivity index (χ1n) is 13.9. The summed E-state index contributed by atoms with van der Waals surface area (Å²) in [6.07, 6.45) is 11.9. The number of unbranched alkanes of at least 4 members (excludes halogenated alkanes) is 2. The van der Waals surface area contributed by atoms with Crippen LogP contribution in [0, 0.1) is 0 Å². The largest absolute Gasteiger partial charge is 0.553 e. The van der Waals surface area contributed by atoms with Crippen LogP contribution in [-0.4, -0.2) is 66.3 Å². The highest BCUT2D eigenvalue weighted by atomic mass is 16.3. The van der Waals surface area contributed by atoms with Crippen molar-refractivity contribution in [1.29, 1.82) is 0 Å². The summed E-state index contributed by atoms with van der Waals surface area (Å²) in [7, 11) is 2.13. The van der Waals surface area contributed by atoms with Crippen molar-refractivity contribution in [2.24, 2.45) is 0 Å². The van der Waals surface area contributed by atoms with Gasteiger partial charge in [-0.2, -0.15) is 0 Å². The third-order valence-electron chi connectivity index (χ3n) is 7.63. The number of amides is 1. The SMILES string of the molecule is CCCCCC(O)c1cn(-c2ccc3n2[B]N2C(=C3c3ccc(NC(C)=O)cc3)C=CC2=[N+]2CCCC2)nn1. The summed E-state index contributed by atoms with van der Waals surface area (Å²) in [5.74, 6) is 1.93. The number of aromatic nitrogens is 4. The average Bonchev–Trinajstić information content (AvgIpc) is 3.73. The fourth-order valence-corrected chi connectivity index (χ4v) is 5.66. The Kier molecular flexibility index (Phi) is 6.95. The molecule has 2 N–H and O–H groups in total. The second-order valence-electron chi connectivity index (χ2n) is 10.4. The lowest BCUT2D eigenvalue weighted by atomic mass is 9.91. The van der Waals surface area contributed by atoms with E-state index in [9.17, 15) is 9.90 Å². The maximum absolute atomic E-state index is 11.5. The van der Waals surface area contributed by atoms with Crippen LogP contribution in [0.25, 0.3) is 11.4 Å². The molecule has 1 radical (unpaired) electrons. The van der Waals surface area contributed by atoms with Crippen molar-refractivity contribution in [3.05, 3.63) is 77.4 Å². The topological polar surface area (TPSA) is 91.2 Å². The predicted molar refractivity (Wildman–Crippen MR) is 152 cm³/mol. The molecule has 0 spiro atoms. The molecule has 1 saturated heterocycles. The molecule has 3 aliphatic heterocycles. The summed E-state index contributed by atoms with van der Waals surface area (Å²) in [6, 6.07) is 12.1. The highest BCUT2D eigenvalue weighted by molar-refractivity contribution is 6.40. The van der Waals surface area contributed by atoms with Crippen LogP contribution in [0.4, 0.5) is 5.69 Å². The summed E-state index contributed by atoms with van der Waals surface area (Å²) < 4.78 is 6.33. The highest BCUT2D eigenvalue weighted by Gasteiger charge is 2.40. The van der Waals surface area contributed by atoms with Crippen molar-refractivity contribution in [2.75, 3.05) is 18.4 Å². The van der Waals surface area contributed by atoms with E-state index in [1.807, 2.05) is 24.4 Å². The number of carbonyl (C=O) groups excluding carboxylic acids is 1. The molecule has 0 bridgehead atoms. The molecule has 1 aromatic carbocycles. The second-order valence-corrected chi connectivity index (χ2v) is 10.4. The highest BCUT2D eigenvalue weighted by Crippen LogP contribution is 2.37. The van der Waals surface area contributed by atoms with Gasteiger partial charge < -0.3 is 14.9 Å². The van der Waals surface area contributed by atoms with Crippen LogP contribution in [0.15, 0.2) is 60.4 Å². The molecule has 6 rings (SSSR count). The van der Waals surface area contributed by atoms with Crippen LogP contribution in [-0.2, 0) is 4.79 Å². The lowest BCUT2D eigenvalue weighted by Crippen LogP contribution is -2.42. The normalized spacial score (nSPS) is 16.9. The van der Waals surface area contributed by atoms with Gasteiger partial charge in [0.25, 0.3) is 5.84 Å². The second kappa shape index (κ2) is 10.7. The van der Waals surface area contributed by atoms with Gasteiger partial charge in [0.1, 0.15) is 17.2 Å².